The Morgan fingerprint density at radius 3 is 2.25 bits per heavy atom. The van der Waals surface area contributed by atoms with Gasteiger partial charge in [0.2, 0.25) is 11.8 Å². The summed E-state index contributed by atoms with van der Waals surface area (Å²) in [6, 6.07) is 7.82. The van der Waals surface area contributed by atoms with Crippen molar-refractivity contribution in [3.8, 4) is 0 Å². The molecule has 0 aliphatic heterocycles. The summed E-state index contributed by atoms with van der Waals surface area (Å²) >= 11 is 3.22. The topological polar surface area (TPSA) is 61.4 Å². The van der Waals surface area contributed by atoms with Gasteiger partial charge in [-0.15, -0.1) is 22.7 Å². The van der Waals surface area contributed by atoms with Crippen molar-refractivity contribution in [2.24, 2.45) is 0 Å². The molecule has 5 nitrogen and oxygen atoms in total. The van der Waals surface area contributed by atoms with Gasteiger partial charge < -0.3 is 15.5 Å². The summed E-state index contributed by atoms with van der Waals surface area (Å²) in [5, 5.41) is 9.84. The van der Waals surface area contributed by atoms with Crippen LogP contribution in [0.15, 0.2) is 35.0 Å². The van der Waals surface area contributed by atoms with Crippen molar-refractivity contribution in [1.29, 1.82) is 0 Å². The summed E-state index contributed by atoms with van der Waals surface area (Å²) in [6.07, 6.45) is 0.241. The van der Waals surface area contributed by atoms with Crippen molar-refractivity contribution in [3.05, 3.63) is 44.8 Å². The lowest BCUT2D eigenvalue weighted by atomic mass is 10.1. The van der Waals surface area contributed by atoms with Gasteiger partial charge in [0, 0.05) is 23.2 Å². The predicted octanol–water partition coefficient (Wildman–Crippen LogP) is 2.80. The van der Waals surface area contributed by atoms with E-state index < -0.39 is 0 Å². The van der Waals surface area contributed by atoms with Crippen LogP contribution in [-0.2, 0) is 9.59 Å². The highest BCUT2D eigenvalue weighted by molar-refractivity contribution is 7.10. The summed E-state index contributed by atoms with van der Waals surface area (Å²) in [7, 11) is 4.00. The van der Waals surface area contributed by atoms with Gasteiger partial charge in [-0.1, -0.05) is 12.1 Å². The molecule has 2 heterocycles. The van der Waals surface area contributed by atoms with E-state index >= 15 is 0 Å². The maximum Gasteiger partial charge on any atom is 0.222 e. The molecule has 130 valence electrons. The van der Waals surface area contributed by atoms with E-state index in [2.05, 4.69) is 21.6 Å². The molecule has 0 saturated heterocycles. The molecule has 2 N–H and O–H groups in total. The largest absolute Gasteiger partial charge is 0.354 e. The molecule has 0 bridgehead atoms. The lowest BCUT2D eigenvalue weighted by molar-refractivity contribution is -0.122. The number of likely N-dealkylation sites (N-methyl/N-ethyl adjacent to an activating group) is 1. The lowest BCUT2D eigenvalue weighted by Gasteiger charge is -2.24. The van der Waals surface area contributed by atoms with Crippen LogP contribution in [0.2, 0.25) is 0 Å². The number of nitrogens with one attached hydrogen (secondary N) is 2. The number of thiophene rings is 2. The molecule has 7 heteroatoms. The van der Waals surface area contributed by atoms with Crippen LogP contribution in [0.4, 0.5) is 0 Å². The van der Waals surface area contributed by atoms with E-state index in [0.29, 0.717) is 6.54 Å². The summed E-state index contributed by atoms with van der Waals surface area (Å²) in [5.74, 6) is -0.198. The van der Waals surface area contributed by atoms with Crippen LogP contribution in [0.5, 0.6) is 0 Å². The highest BCUT2D eigenvalue weighted by Crippen LogP contribution is 2.24. The Morgan fingerprint density at radius 2 is 1.75 bits per heavy atom. The quantitative estimate of drug-likeness (QED) is 0.756. The highest BCUT2D eigenvalue weighted by atomic mass is 32.1. The SMILES string of the molecule is CC(=O)N[C@@H](CC(=O)NC[C@H](c1cccs1)N(C)C)c1cccs1. The number of nitrogens with zero attached hydrogens (tertiary/aromatic N) is 1. The molecule has 2 aromatic heterocycles. The van der Waals surface area contributed by atoms with E-state index in [0.717, 1.165) is 4.88 Å². The molecule has 2 amide bonds. The first-order chi connectivity index (χ1) is 11.5. The van der Waals surface area contributed by atoms with E-state index in [4.69, 9.17) is 0 Å². The van der Waals surface area contributed by atoms with Crippen LogP contribution in [0.1, 0.15) is 35.2 Å². The Balaban J connectivity index is 1.94. The summed E-state index contributed by atoms with van der Waals surface area (Å²) < 4.78 is 0. The molecule has 0 aliphatic carbocycles. The van der Waals surface area contributed by atoms with E-state index in [1.807, 2.05) is 43.1 Å². The number of amides is 2. The van der Waals surface area contributed by atoms with Crippen molar-refractivity contribution in [3.63, 3.8) is 0 Å². The van der Waals surface area contributed by atoms with E-state index in [9.17, 15) is 9.59 Å². The normalized spacial score (nSPS) is 13.5. The summed E-state index contributed by atoms with van der Waals surface area (Å²) in [5.41, 5.74) is 0. The predicted molar refractivity (Wildman–Crippen MR) is 99.3 cm³/mol. The van der Waals surface area contributed by atoms with Gasteiger partial charge >= 0.3 is 0 Å². The molecule has 0 radical (unpaired) electrons. The molecule has 0 saturated carbocycles. The van der Waals surface area contributed by atoms with Crippen molar-refractivity contribution in [2.75, 3.05) is 20.6 Å². The number of rotatable bonds is 8. The fourth-order valence-corrected chi connectivity index (χ4v) is 4.14. The maximum absolute atomic E-state index is 12.4. The fraction of sp³-hybridized carbons (Fsp3) is 0.412. The van der Waals surface area contributed by atoms with Crippen LogP contribution < -0.4 is 10.6 Å². The minimum Gasteiger partial charge on any atom is -0.354 e. The standard InChI is InChI=1S/C17H23N3O2S2/c1-12(21)19-13(15-6-4-8-23-15)10-17(22)18-11-14(20(2)3)16-7-5-9-24-16/h4-9,13-14H,10-11H2,1-3H3,(H,18,22)(H,19,21)/t13-,14+/m0/s1. The van der Waals surface area contributed by atoms with Crippen LogP contribution in [0.3, 0.4) is 0 Å². The van der Waals surface area contributed by atoms with Gasteiger partial charge in [0.1, 0.15) is 0 Å². The van der Waals surface area contributed by atoms with Gasteiger partial charge in [-0.3, -0.25) is 9.59 Å². The van der Waals surface area contributed by atoms with Crippen molar-refractivity contribution >= 4 is 34.5 Å². The smallest absolute Gasteiger partial charge is 0.222 e. The number of carbonyl (C=O) groups is 2. The first-order valence-electron chi connectivity index (χ1n) is 7.74. The minimum absolute atomic E-state index is 0.0643. The average molecular weight is 366 g/mol. The molecule has 2 rings (SSSR count). The fourth-order valence-electron chi connectivity index (χ4n) is 2.44. The zero-order valence-corrected chi connectivity index (χ0v) is 15.7. The molecule has 0 aromatic carbocycles. The minimum atomic E-state index is -0.276. The second-order valence-corrected chi connectivity index (χ2v) is 7.73. The molecule has 2 aromatic rings. The third-order valence-electron chi connectivity index (χ3n) is 3.64. The second-order valence-electron chi connectivity index (χ2n) is 5.77. The van der Waals surface area contributed by atoms with Crippen LogP contribution >= 0.6 is 22.7 Å². The van der Waals surface area contributed by atoms with Crippen molar-refractivity contribution in [2.45, 2.75) is 25.4 Å². The second kappa shape index (κ2) is 8.96. The Hall–Kier alpha value is -1.70. The van der Waals surface area contributed by atoms with Gasteiger partial charge in [0.15, 0.2) is 0 Å². The lowest BCUT2D eigenvalue weighted by Crippen LogP contribution is -2.36. The third kappa shape index (κ3) is 5.43. The molecule has 0 aliphatic rings. The molecule has 24 heavy (non-hydrogen) atoms. The van der Waals surface area contributed by atoms with Gasteiger partial charge in [0.25, 0.3) is 0 Å². The molecule has 0 fully saturated rings. The molecular formula is C17H23N3O2S2. The van der Waals surface area contributed by atoms with E-state index in [1.165, 1.54) is 11.8 Å². The van der Waals surface area contributed by atoms with Crippen LogP contribution in [-0.4, -0.2) is 37.4 Å². The van der Waals surface area contributed by atoms with Gasteiger partial charge in [0.05, 0.1) is 18.5 Å². The first-order valence-corrected chi connectivity index (χ1v) is 9.50. The molecule has 0 unspecified atom stereocenters. The first kappa shape index (κ1) is 18.6. The van der Waals surface area contributed by atoms with E-state index in [1.54, 1.807) is 22.7 Å². The zero-order valence-electron chi connectivity index (χ0n) is 14.1. The van der Waals surface area contributed by atoms with Crippen molar-refractivity contribution < 1.29 is 9.59 Å². The molecule has 2 atom stereocenters. The summed E-state index contributed by atoms with van der Waals surface area (Å²) in [6.45, 7) is 2.01. The number of carbonyl (C=O) groups excluding carboxylic acids is 2. The Morgan fingerprint density at radius 1 is 1.12 bits per heavy atom. The molecule has 0 spiro atoms. The number of hydrogen-bond donors (Lipinski definition) is 2. The Labute approximate surface area is 150 Å². The van der Waals surface area contributed by atoms with Gasteiger partial charge in [-0.05, 0) is 37.0 Å². The maximum atomic E-state index is 12.4. The zero-order chi connectivity index (χ0) is 17.5. The average Bonchev–Trinajstić information content (AvgIpc) is 3.19. The third-order valence-corrected chi connectivity index (χ3v) is 5.60. The van der Waals surface area contributed by atoms with Crippen LogP contribution in [0.25, 0.3) is 0 Å². The number of hydrogen-bond acceptors (Lipinski definition) is 5. The van der Waals surface area contributed by atoms with Crippen molar-refractivity contribution in [1.82, 2.24) is 15.5 Å². The molecular weight excluding hydrogens is 342 g/mol. The Bertz CT molecular complexity index is 639. The van der Waals surface area contributed by atoms with E-state index in [-0.39, 0.29) is 30.3 Å². The summed E-state index contributed by atoms with van der Waals surface area (Å²) in [4.78, 5) is 28.1. The van der Waals surface area contributed by atoms with Gasteiger partial charge in [-0.2, -0.15) is 0 Å². The monoisotopic (exact) mass is 365 g/mol. The highest BCUT2D eigenvalue weighted by Gasteiger charge is 2.20. The Kier molecular flexibility index (Phi) is 6.96. The van der Waals surface area contributed by atoms with Gasteiger partial charge in [-0.25, -0.2) is 0 Å². The van der Waals surface area contributed by atoms with Crippen LogP contribution in [0, 0.1) is 0 Å².